The first-order chi connectivity index (χ1) is 13.0. The van der Waals surface area contributed by atoms with Gasteiger partial charge in [0.2, 0.25) is 0 Å². The van der Waals surface area contributed by atoms with Crippen LogP contribution in [0.4, 0.5) is 4.79 Å². The van der Waals surface area contributed by atoms with E-state index in [1.54, 1.807) is 25.1 Å². The number of rotatable bonds is 5. The Balaban J connectivity index is 1.78. The number of hydrogen-bond donors (Lipinski definition) is 2. The van der Waals surface area contributed by atoms with Crippen LogP contribution in [-0.2, 0) is 16.0 Å². The van der Waals surface area contributed by atoms with E-state index < -0.39 is 18.0 Å². The van der Waals surface area contributed by atoms with Crippen molar-refractivity contribution in [2.45, 2.75) is 19.4 Å². The summed E-state index contributed by atoms with van der Waals surface area (Å²) in [6.45, 7) is 1.90. The highest BCUT2D eigenvalue weighted by Crippen LogP contribution is 2.31. The van der Waals surface area contributed by atoms with E-state index in [1.165, 1.54) is 0 Å². The lowest BCUT2D eigenvalue weighted by atomic mass is 9.95. The van der Waals surface area contributed by atoms with E-state index in [9.17, 15) is 9.59 Å². The van der Waals surface area contributed by atoms with Gasteiger partial charge in [0, 0.05) is 12.1 Å². The Labute approximate surface area is 167 Å². The van der Waals surface area contributed by atoms with Crippen LogP contribution >= 0.6 is 23.2 Å². The summed E-state index contributed by atoms with van der Waals surface area (Å²) in [4.78, 5) is 24.6. The fourth-order valence-corrected chi connectivity index (χ4v) is 3.20. The molecule has 1 atom stereocenters. The van der Waals surface area contributed by atoms with Crippen molar-refractivity contribution in [2.75, 3.05) is 6.61 Å². The molecule has 1 aliphatic rings. The number of amides is 2. The molecule has 0 saturated carbocycles. The van der Waals surface area contributed by atoms with Crippen molar-refractivity contribution in [2.24, 2.45) is 0 Å². The van der Waals surface area contributed by atoms with E-state index in [-0.39, 0.29) is 6.61 Å². The summed E-state index contributed by atoms with van der Waals surface area (Å²) in [5.74, 6) is -0.494. The molecule has 140 valence electrons. The predicted molar refractivity (Wildman–Crippen MR) is 105 cm³/mol. The van der Waals surface area contributed by atoms with Crippen molar-refractivity contribution in [3.63, 3.8) is 0 Å². The molecule has 0 aromatic heterocycles. The second kappa shape index (κ2) is 8.46. The highest BCUT2D eigenvalue weighted by atomic mass is 35.5. The maximum atomic E-state index is 12.7. The fraction of sp³-hybridized carbons (Fsp3) is 0.200. The topological polar surface area (TPSA) is 67.4 Å². The molecule has 1 aliphatic heterocycles. The maximum Gasteiger partial charge on any atom is 0.338 e. The van der Waals surface area contributed by atoms with Gasteiger partial charge in [-0.3, -0.25) is 0 Å². The number of allylic oxidation sites excluding steroid dienone is 1. The minimum Gasteiger partial charge on any atom is -0.462 e. The molecule has 7 heteroatoms. The normalized spacial score (nSPS) is 16.6. The van der Waals surface area contributed by atoms with E-state index in [0.29, 0.717) is 33.3 Å². The molecular weight excluding hydrogens is 387 g/mol. The smallest absolute Gasteiger partial charge is 0.338 e. The highest BCUT2D eigenvalue weighted by Gasteiger charge is 2.32. The van der Waals surface area contributed by atoms with E-state index in [1.807, 2.05) is 30.3 Å². The summed E-state index contributed by atoms with van der Waals surface area (Å²) < 4.78 is 5.45. The van der Waals surface area contributed by atoms with Crippen molar-refractivity contribution in [3.05, 3.63) is 81.0 Å². The van der Waals surface area contributed by atoms with Crippen LogP contribution in [0.5, 0.6) is 0 Å². The average molecular weight is 405 g/mol. The molecular formula is C20H18Cl2N2O3. The van der Waals surface area contributed by atoms with Crippen molar-refractivity contribution >= 4 is 35.2 Å². The number of halogens is 2. The first kappa shape index (κ1) is 19.3. The number of carbonyl (C=O) groups excluding carboxylic acids is 2. The molecule has 2 amide bonds. The standard InChI is InChI=1S/C20H18Cl2N2O3/c1-12-17(19(25)27-10-9-13-5-3-2-4-6-13)18(24-20(26)23-12)14-7-8-15(21)16(22)11-14/h2-8,11,18H,9-10H2,1H3,(H2,23,24,26)/t18-/m1/s1. The van der Waals surface area contributed by atoms with Crippen LogP contribution in [0, 0.1) is 0 Å². The zero-order chi connectivity index (χ0) is 19.4. The molecule has 0 fully saturated rings. The first-order valence-electron chi connectivity index (χ1n) is 8.40. The molecule has 27 heavy (non-hydrogen) atoms. The van der Waals surface area contributed by atoms with Gasteiger partial charge in [-0.05, 0) is 30.2 Å². The summed E-state index contributed by atoms with van der Waals surface area (Å²) >= 11 is 12.1. The molecule has 0 aliphatic carbocycles. The third kappa shape index (κ3) is 4.62. The fourth-order valence-electron chi connectivity index (χ4n) is 2.89. The molecule has 0 radical (unpaired) electrons. The third-order valence-electron chi connectivity index (χ3n) is 4.23. The molecule has 5 nitrogen and oxygen atoms in total. The van der Waals surface area contributed by atoms with E-state index in [2.05, 4.69) is 10.6 Å². The number of ether oxygens (including phenoxy) is 1. The highest BCUT2D eigenvalue weighted by molar-refractivity contribution is 6.42. The molecule has 0 bridgehead atoms. The lowest BCUT2D eigenvalue weighted by Crippen LogP contribution is -2.45. The van der Waals surface area contributed by atoms with Gasteiger partial charge in [0.15, 0.2) is 0 Å². The van der Waals surface area contributed by atoms with Crippen LogP contribution in [0.3, 0.4) is 0 Å². The van der Waals surface area contributed by atoms with E-state index >= 15 is 0 Å². The van der Waals surface area contributed by atoms with Crippen molar-refractivity contribution in [1.82, 2.24) is 10.6 Å². The van der Waals surface area contributed by atoms with Crippen LogP contribution in [0.1, 0.15) is 24.1 Å². The summed E-state index contributed by atoms with van der Waals surface area (Å²) in [6.07, 6.45) is 0.607. The van der Waals surface area contributed by atoms with Crippen LogP contribution in [0.15, 0.2) is 59.8 Å². The summed E-state index contributed by atoms with van der Waals surface area (Å²) in [5, 5.41) is 6.09. The summed E-state index contributed by atoms with van der Waals surface area (Å²) in [7, 11) is 0. The van der Waals surface area contributed by atoms with Crippen LogP contribution in [-0.4, -0.2) is 18.6 Å². The molecule has 1 heterocycles. The molecule has 0 saturated heterocycles. The van der Waals surface area contributed by atoms with Gasteiger partial charge in [-0.25, -0.2) is 9.59 Å². The van der Waals surface area contributed by atoms with E-state index in [4.69, 9.17) is 27.9 Å². The van der Waals surface area contributed by atoms with Gasteiger partial charge in [-0.2, -0.15) is 0 Å². The number of nitrogens with one attached hydrogen (secondary N) is 2. The quantitative estimate of drug-likeness (QED) is 0.725. The van der Waals surface area contributed by atoms with Gasteiger partial charge in [0.05, 0.1) is 28.3 Å². The maximum absolute atomic E-state index is 12.7. The zero-order valence-corrected chi connectivity index (χ0v) is 16.1. The van der Waals surface area contributed by atoms with Gasteiger partial charge < -0.3 is 15.4 Å². The van der Waals surface area contributed by atoms with Gasteiger partial charge in [-0.1, -0.05) is 59.6 Å². The molecule has 0 spiro atoms. The first-order valence-corrected chi connectivity index (χ1v) is 9.15. The van der Waals surface area contributed by atoms with E-state index in [0.717, 1.165) is 5.56 Å². The predicted octanol–water partition coefficient (Wildman–Crippen LogP) is 4.41. The largest absolute Gasteiger partial charge is 0.462 e. The lowest BCUT2D eigenvalue weighted by molar-refractivity contribution is -0.139. The second-order valence-electron chi connectivity index (χ2n) is 6.12. The molecule has 3 rings (SSSR count). The number of urea groups is 1. The van der Waals surface area contributed by atoms with Crippen molar-refractivity contribution in [3.8, 4) is 0 Å². The Kier molecular flexibility index (Phi) is 6.04. The van der Waals surface area contributed by atoms with Crippen LogP contribution in [0.2, 0.25) is 10.0 Å². The lowest BCUT2D eigenvalue weighted by Gasteiger charge is -2.28. The zero-order valence-electron chi connectivity index (χ0n) is 14.6. The van der Waals surface area contributed by atoms with Crippen molar-refractivity contribution in [1.29, 1.82) is 0 Å². The molecule has 2 aromatic carbocycles. The number of benzene rings is 2. The van der Waals surface area contributed by atoms with Crippen molar-refractivity contribution < 1.29 is 14.3 Å². The summed E-state index contributed by atoms with van der Waals surface area (Å²) in [5.41, 5.74) is 2.50. The minimum absolute atomic E-state index is 0.238. The third-order valence-corrected chi connectivity index (χ3v) is 4.97. The summed E-state index contributed by atoms with van der Waals surface area (Å²) in [6, 6.07) is 13.7. The van der Waals surface area contributed by atoms with Crippen LogP contribution in [0.25, 0.3) is 0 Å². The molecule has 2 aromatic rings. The Morgan fingerprint density at radius 3 is 2.56 bits per heavy atom. The average Bonchev–Trinajstić information content (AvgIpc) is 2.64. The Bertz CT molecular complexity index is 897. The van der Waals surface area contributed by atoms with Gasteiger partial charge in [0.25, 0.3) is 0 Å². The Morgan fingerprint density at radius 1 is 1.11 bits per heavy atom. The van der Waals surface area contributed by atoms with Gasteiger partial charge >= 0.3 is 12.0 Å². The van der Waals surface area contributed by atoms with Gasteiger partial charge in [-0.15, -0.1) is 0 Å². The number of hydrogen-bond acceptors (Lipinski definition) is 3. The van der Waals surface area contributed by atoms with Crippen LogP contribution < -0.4 is 10.6 Å². The minimum atomic E-state index is -0.669. The number of carbonyl (C=O) groups is 2. The number of esters is 1. The Hall–Kier alpha value is -2.50. The van der Waals surface area contributed by atoms with Gasteiger partial charge in [0.1, 0.15) is 0 Å². The SMILES string of the molecule is CC1=C(C(=O)OCCc2ccccc2)[C@@H](c2ccc(Cl)c(Cl)c2)NC(=O)N1. The Morgan fingerprint density at radius 2 is 1.85 bits per heavy atom. The monoisotopic (exact) mass is 404 g/mol. The molecule has 0 unspecified atom stereocenters. The molecule has 2 N–H and O–H groups in total. The second-order valence-corrected chi connectivity index (χ2v) is 6.93.